The molecule has 0 saturated heterocycles. The number of ether oxygens (including phenoxy) is 3. The maximum absolute atomic E-state index is 13.6. The van der Waals surface area contributed by atoms with Gasteiger partial charge in [0, 0.05) is 27.1 Å². The maximum Gasteiger partial charge on any atom is 0.298 e. The molecule has 0 spiro atoms. The molecule has 2 aromatic heterocycles. The smallest absolute Gasteiger partial charge is 0.298 e. The summed E-state index contributed by atoms with van der Waals surface area (Å²) < 4.78 is 17.5. The Morgan fingerprint density at radius 1 is 0.971 bits per heavy atom. The van der Waals surface area contributed by atoms with E-state index in [0.29, 0.717) is 45.4 Å². The van der Waals surface area contributed by atoms with E-state index in [1.165, 1.54) is 17.5 Å². The molecule has 0 aliphatic heterocycles. The Labute approximate surface area is 199 Å². The Kier molecular flexibility index (Phi) is 5.69. The summed E-state index contributed by atoms with van der Waals surface area (Å²) >= 11 is 1.38. The van der Waals surface area contributed by atoms with Crippen LogP contribution < -0.4 is 14.2 Å². The summed E-state index contributed by atoms with van der Waals surface area (Å²) in [6.07, 6.45) is 1.47. The fourth-order valence-corrected chi connectivity index (χ4v) is 4.88. The van der Waals surface area contributed by atoms with E-state index in [9.17, 15) is 9.59 Å². The number of aromatic nitrogens is 1. The van der Waals surface area contributed by atoms with E-state index in [1.54, 1.807) is 25.3 Å². The van der Waals surface area contributed by atoms with Gasteiger partial charge in [-0.15, -0.1) is 11.3 Å². The molecule has 0 amide bonds. The van der Waals surface area contributed by atoms with Crippen molar-refractivity contribution in [1.29, 1.82) is 0 Å². The Bertz CT molecular complexity index is 1560. The first-order valence-electron chi connectivity index (χ1n) is 10.5. The van der Waals surface area contributed by atoms with E-state index >= 15 is 0 Å². The number of hydrogen-bond donors (Lipinski definition) is 0. The van der Waals surface area contributed by atoms with Crippen LogP contribution in [-0.2, 0) is 4.79 Å². The average Bonchev–Trinajstić information content (AvgIpc) is 3.21. The van der Waals surface area contributed by atoms with Crippen LogP contribution in [0.1, 0.15) is 20.8 Å². The zero-order chi connectivity index (χ0) is 23.7. The van der Waals surface area contributed by atoms with Crippen LogP contribution in [0, 0.1) is 6.92 Å². The van der Waals surface area contributed by atoms with Crippen molar-refractivity contribution in [3.8, 4) is 23.0 Å². The quantitative estimate of drug-likeness (QED) is 0.205. The van der Waals surface area contributed by atoms with Crippen LogP contribution >= 0.6 is 11.3 Å². The van der Waals surface area contributed by atoms with E-state index in [2.05, 4.69) is 4.98 Å². The van der Waals surface area contributed by atoms with Crippen LogP contribution in [-0.4, -0.2) is 24.3 Å². The van der Waals surface area contributed by atoms with E-state index in [0.717, 1.165) is 21.0 Å². The standard InChI is InChI=1S/C27H19NO5S/c1-16-5-3-4-6-21(16)25(30)27-26(22-10-9-18(31-2)13-24(22)34-27)33-19-8-7-17-11-20(32-15-29)14-28-23(17)12-19/h3-15H,1-2H3. The molecule has 5 rings (SSSR count). The summed E-state index contributed by atoms with van der Waals surface area (Å²) in [7, 11) is 1.61. The molecule has 3 aromatic carbocycles. The molecular weight excluding hydrogens is 450 g/mol. The van der Waals surface area contributed by atoms with Gasteiger partial charge in [-0.05, 0) is 48.9 Å². The molecule has 0 aliphatic carbocycles. The normalized spacial score (nSPS) is 10.9. The van der Waals surface area contributed by atoms with Crippen molar-refractivity contribution in [2.45, 2.75) is 6.92 Å². The largest absolute Gasteiger partial charge is 0.497 e. The topological polar surface area (TPSA) is 74.7 Å². The summed E-state index contributed by atoms with van der Waals surface area (Å²) in [6, 6.07) is 20.3. The maximum atomic E-state index is 13.6. The van der Waals surface area contributed by atoms with Crippen molar-refractivity contribution in [1.82, 2.24) is 4.98 Å². The molecule has 2 heterocycles. The van der Waals surface area contributed by atoms with Gasteiger partial charge in [-0.1, -0.05) is 24.3 Å². The van der Waals surface area contributed by atoms with Gasteiger partial charge >= 0.3 is 0 Å². The number of carbonyl (C=O) groups excluding carboxylic acids is 2. The van der Waals surface area contributed by atoms with Crippen molar-refractivity contribution >= 4 is 44.6 Å². The molecule has 5 aromatic rings. The van der Waals surface area contributed by atoms with Gasteiger partial charge in [0.1, 0.15) is 22.1 Å². The zero-order valence-corrected chi connectivity index (χ0v) is 19.2. The van der Waals surface area contributed by atoms with Gasteiger partial charge in [0.05, 0.1) is 18.8 Å². The zero-order valence-electron chi connectivity index (χ0n) is 18.4. The lowest BCUT2D eigenvalue weighted by Crippen LogP contribution is -2.03. The number of nitrogens with zero attached hydrogens (tertiary/aromatic N) is 1. The number of ketones is 1. The highest BCUT2D eigenvalue weighted by Gasteiger charge is 2.23. The van der Waals surface area contributed by atoms with Gasteiger partial charge in [0.25, 0.3) is 6.47 Å². The molecule has 168 valence electrons. The Morgan fingerprint density at radius 2 is 1.79 bits per heavy atom. The molecule has 0 N–H and O–H groups in total. The SMILES string of the molecule is COc1ccc2c(Oc3ccc4cc(OC=O)cnc4c3)c(C(=O)c3ccccc3C)sc2c1. The summed E-state index contributed by atoms with van der Waals surface area (Å²) in [5, 5.41) is 1.62. The molecule has 6 nitrogen and oxygen atoms in total. The fourth-order valence-electron chi connectivity index (χ4n) is 3.76. The van der Waals surface area contributed by atoms with Crippen molar-refractivity contribution in [3.05, 3.63) is 88.9 Å². The number of benzene rings is 3. The lowest BCUT2D eigenvalue weighted by atomic mass is 10.0. The number of aryl methyl sites for hydroxylation is 1. The number of pyridine rings is 1. The Balaban J connectivity index is 1.61. The van der Waals surface area contributed by atoms with Gasteiger partial charge in [-0.3, -0.25) is 14.6 Å². The minimum atomic E-state index is -0.0946. The Hall–Kier alpha value is -4.23. The first-order valence-corrected chi connectivity index (χ1v) is 11.3. The third kappa shape index (κ3) is 3.97. The van der Waals surface area contributed by atoms with Crippen LogP contribution in [0.25, 0.3) is 21.0 Å². The van der Waals surface area contributed by atoms with Gasteiger partial charge < -0.3 is 14.2 Å². The summed E-state index contributed by atoms with van der Waals surface area (Å²) in [5.74, 6) is 2.01. The van der Waals surface area contributed by atoms with E-state index in [4.69, 9.17) is 14.2 Å². The van der Waals surface area contributed by atoms with E-state index < -0.39 is 0 Å². The summed E-state index contributed by atoms with van der Waals surface area (Å²) in [4.78, 5) is 29.0. The van der Waals surface area contributed by atoms with E-state index in [1.807, 2.05) is 55.5 Å². The molecular formula is C27H19NO5S. The van der Waals surface area contributed by atoms with Crippen molar-refractivity contribution < 1.29 is 23.8 Å². The molecule has 0 bridgehead atoms. The predicted molar refractivity (Wildman–Crippen MR) is 131 cm³/mol. The third-order valence-corrected chi connectivity index (χ3v) is 6.61. The highest BCUT2D eigenvalue weighted by molar-refractivity contribution is 7.21. The first-order chi connectivity index (χ1) is 16.6. The number of rotatable bonds is 7. The highest BCUT2D eigenvalue weighted by atomic mass is 32.1. The first kappa shape index (κ1) is 21.6. The van der Waals surface area contributed by atoms with Gasteiger partial charge in [0.2, 0.25) is 5.78 Å². The lowest BCUT2D eigenvalue weighted by molar-refractivity contribution is -0.120. The number of carbonyl (C=O) groups is 2. The van der Waals surface area contributed by atoms with Crippen LogP contribution in [0.4, 0.5) is 0 Å². The van der Waals surface area contributed by atoms with Crippen LogP contribution in [0.3, 0.4) is 0 Å². The lowest BCUT2D eigenvalue weighted by Gasteiger charge is -2.10. The molecule has 0 aliphatic rings. The van der Waals surface area contributed by atoms with Crippen molar-refractivity contribution in [2.24, 2.45) is 0 Å². The van der Waals surface area contributed by atoms with Gasteiger partial charge in [-0.25, -0.2) is 0 Å². The monoisotopic (exact) mass is 469 g/mol. The summed E-state index contributed by atoms with van der Waals surface area (Å²) in [5.41, 5.74) is 2.20. The summed E-state index contributed by atoms with van der Waals surface area (Å²) in [6.45, 7) is 2.28. The number of methoxy groups -OCH3 is 1. The number of fused-ring (bicyclic) bond motifs is 2. The number of thiophene rings is 1. The third-order valence-electron chi connectivity index (χ3n) is 5.48. The molecule has 0 fully saturated rings. The number of hydrogen-bond acceptors (Lipinski definition) is 7. The van der Waals surface area contributed by atoms with Gasteiger partial charge in [-0.2, -0.15) is 0 Å². The second kappa shape index (κ2) is 8.96. The molecule has 0 unspecified atom stereocenters. The fraction of sp³-hybridized carbons (Fsp3) is 0.0741. The second-order valence-electron chi connectivity index (χ2n) is 7.61. The van der Waals surface area contributed by atoms with Crippen LogP contribution in [0.2, 0.25) is 0 Å². The second-order valence-corrected chi connectivity index (χ2v) is 8.66. The average molecular weight is 470 g/mol. The minimum Gasteiger partial charge on any atom is -0.497 e. The molecule has 34 heavy (non-hydrogen) atoms. The molecule has 0 atom stereocenters. The Morgan fingerprint density at radius 3 is 2.59 bits per heavy atom. The molecule has 0 saturated carbocycles. The highest BCUT2D eigenvalue weighted by Crippen LogP contribution is 2.43. The van der Waals surface area contributed by atoms with Crippen molar-refractivity contribution in [3.63, 3.8) is 0 Å². The minimum absolute atomic E-state index is 0.0946. The predicted octanol–water partition coefficient (Wildman–Crippen LogP) is 6.33. The van der Waals surface area contributed by atoms with E-state index in [-0.39, 0.29) is 5.78 Å². The van der Waals surface area contributed by atoms with Crippen LogP contribution in [0.5, 0.6) is 23.0 Å². The molecule has 0 radical (unpaired) electrons. The van der Waals surface area contributed by atoms with Crippen LogP contribution in [0.15, 0.2) is 72.9 Å². The molecule has 7 heteroatoms. The van der Waals surface area contributed by atoms with Gasteiger partial charge in [0.15, 0.2) is 5.75 Å². The van der Waals surface area contributed by atoms with Crippen molar-refractivity contribution in [2.75, 3.05) is 7.11 Å².